The number of benzene rings is 1. The monoisotopic (exact) mass is 523 g/mol. The molecule has 154 valence electrons. The average molecular weight is 523 g/mol. The summed E-state index contributed by atoms with van der Waals surface area (Å²) >= 11 is 1.81. The molecule has 0 saturated carbocycles. The van der Waals surface area contributed by atoms with Crippen molar-refractivity contribution in [1.29, 1.82) is 0 Å². The van der Waals surface area contributed by atoms with Gasteiger partial charge < -0.3 is 15.5 Å². The summed E-state index contributed by atoms with van der Waals surface area (Å²) in [4.78, 5) is 6.84. The molecule has 2 aromatic heterocycles. The van der Waals surface area contributed by atoms with Gasteiger partial charge in [0.05, 0.1) is 11.5 Å². The maximum Gasteiger partial charge on any atom is 0.191 e. The molecule has 0 spiro atoms. The number of halogens is 1. The van der Waals surface area contributed by atoms with Gasteiger partial charge in [-0.15, -0.1) is 45.5 Å². The standard InChI is InChI=1S/C20H25N7S.HI/c1-21-20(24-16-9-11-26(12-10-16)19-8-5-13-28-19)22-14-18-25-23-15-27(18)17-6-3-2-4-7-17;/h2-8,13,15-16H,9-12,14H2,1H3,(H2,21,22,24);1H. The van der Waals surface area contributed by atoms with Gasteiger partial charge in [0.2, 0.25) is 0 Å². The van der Waals surface area contributed by atoms with Crippen LogP contribution in [0.2, 0.25) is 0 Å². The zero-order chi connectivity index (χ0) is 19.2. The van der Waals surface area contributed by atoms with Gasteiger partial charge in [-0.1, -0.05) is 18.2 Å². The van der Waals surface area contributed by atoms with Gasteiger partial charge in [-0.25, -0.2) is 0 Å². The molecule has 1 aliphatic rings. The smallest absolute Gasteiger partial charge is 0.191 e. The summed E-state index contributed by atoms with van der Waals surface area (Å²) in [5.74, 6) is 1.65. The minimum absolute atomic E-state index is 0. The van der Waals surface area contributed by atoms with Crippen LogP contribution in [0.5, 0.6) is 0 Å². The molecule has 7 nitrogen and oxygen atoms in total. The summed E-state index contributed by atoms with van der Waals surface area (Å²) in [7, 11) is 1.80. The van der Waals surface area contributed by atoms with Crippen molar-refractivity contribution in [3.63, 3.8) is 0 Å². The number of thiophene rings is 1. The Morgan fingerprint density at radius 2 is 1.97 bits per heavy atom. The molecule has 4 rings (SSSR count). The van der Waals surface area contributed by atoms with Crippen molar-refractivity contribution in [2.75, 3.05) is 25.0 Å². The highest BCUT2D eigenvalue weighted by molar-refractivity contribution is 14.0. The van der Waals surface area contributed by atoms with Crippen molar-refractivity contribution >= 4 is 46.3 Å². The summed E-state index contributed by atoms with van der Waals surface area (Å²) in [5, 5.41) is 18.7. The molecule has 0 unspecified atom stereocenters. The van der Waals surface area contributed by atoms with E-state index in [2.05, 4.69) is 48.2 Å². The molecule has 0 atom stereocenters. The van der Waals surface area contributed by atoms with E-state index >= 15 is 0 Å². The van der Waals surface area contributed by atoms with Gasteiger partial charge in [0.25, 0.3) is 0 Å². The zero-order valence-corrected chi connectivity index (χ0v) is 19.5. The van der Waals surface area contributed by atoms with Crippen LogP contribution < -0.4 is 15.5 Å². The Balaban J connectivity index is 0.00000240. The topological polar surface area (TPSA) is 70.4 Å². The third-order valence-electron chi connectivity index (χ3n) is 4.94. The molecule has 29 heavy (non-hydrogen) atoms. The fourth-order valence-electron chi connectivity index (χ4n) is 3.43. The Hall–Kier alpha value is -2.14. The van der Waals surface area contributed by atoms with Gasteiger partial charge >= 0.3 is 0 Å². The van der Waals surface area contributed by atoms with E-state index in [0.29, 0.717) is 12.6 Å². The predicted molar refractivity (Wildman–Crippen MR) is 130 cm³/mol. The normalized spacial score (nSPS) is 15.1. The molecule has 3 aromatic rings. The van der Waals surface area contributed by atoms with Crippen molar-refractivity contribution in [2.45, 2.75) is 25.4 Å². The fourth-order valence-corrected chi connectivity index (χ4v) is 4.21. The van der Waals surface area contributed by atoms with Crippen molar-refractivity contribution in [3.8, 4) is 5.69 Å². The highest BCUT2D eigenvalue weighted by Crippen LogP contribution is 2.24. The number of aromatic nitrogens is 3. The Labute approximate surface area is 192 Å². The molecule has 0 bridgehead atoms. The maximum absolute atomic E-state index is 4.38. The van der Waals surface area contributed by atoms with E-state index in [0.717, 1.165) is 43.4 Å². The SMILES string of the molecule is CN=C(NCc1nncn1-c1ccccc1)NC1CCN(c2cccs2)CC1.I. The lowest BCUT2D eigenvalue weighted by atomic mass is 10.1. The Kier molecular flexibility index (Phi) is 7.87. The number of nitrogens with one attached hydrogen (secondary N) is 2. The molecule has 0 radical (unpaired) electrons. The number of para-hydroxylation sites is 1. The second-order valence-corrected chi connectivity index (χ2v) is 7.66. The molecule has 1 fully saturated rings. The summed E-state index contributed by atoms with van der Waals surface area (Å²) in [6.07, 6.45) is 3.93. The van der Waals surface area contributed by atoms with Gasteiger partial charge in [0.15, 0.2) is 11.8 Å². The lowest BCUT2D eigenvalue weighted by Gasteiger charge is -2.33. The molecule has 1 aliphatic heterocycles. The summed E-state index contributed by atoms with van der Waals surface area (Å²) in [5.41, 5.74) is 1.05. The Morgan fingerprint density at radius 3 is 2.66 bits per heavy atom. The van der Waals surface area contributed by atoms with Crippen LogP contribution in [-0.2, 0) is 6.54 Å². The van der Waals surface area contributed by atoms with Crippen molar-refractivity contribution in [1.82, 2.24) is 25.4 Å². The molecule has 9 heteroatoms. The first-order chi connectivity index (χ1) is 13.8. The van der Waals surface area contributed by atoms with E-state index in [4.69, 9.17) is 0 Å². The van der Waals surface area contributed by atoms with Crippen LogP contribution in [0.4, 0.5) is 5.00 Å². The van der Waals surface area contributed by atoms with E-state index in [1.807, 2.05) is 46.2 Å². The minimum Gasteiger partial charge on any atom is -0.363 e. The minimum atomic E-state index is 0. The number of nitrogens with zero attached hydrogens (tertiary/aromatic N) is 5. The Morgan fingerprint density at radius 1 is 1.17 bits per heavy atom. The first kappa shape index (κ1) is 21.6. The van der Waals surface area contributed by atoms with Crippen LogP contribution >= 0.6 is 35.3 Å². The summed E-state index contributed by atoms with van der Waals surface area (Å²) < 4.78 is 1.99. The van der Waals surface area contributed by atoms with Crippen molar-refractivity contribution < 1.29 is 0 Å². The molecule has 0 amide bonds. The number of guanidine groups is 1. The second-order valence-electron chi connectivity index (χ2n) is 6.74. The van der Waals surface area contributed by atoms with Gasteiger partial charge in [-0.3, -0.25) is 9.56 Å². The van der Waals surface area contributed by atoms with Gasteiger partial charge in [0.1, 0.15) is 6.33 Å². The largest absolute Gasteiger partial charge is 0.363 e. The van der Waals surface area contributed by atoms with Crippen LogP contribution in [0.25, 0.3) is 5.69 Å². The first-order valence-electron chi connectivity index (χ1n) is 9.53. The van der Waals surface area contributed by atoms with E-state index in [-0.39, 0.29) is 24.0 Å². The van der Waals surface area contributed by atoms with Crippen LogP contribution in [0.15, 0.2) is 59.2 Å². The number of hydrogen-bond donors (Lipinski definition) is 2. The maximum atomic E-state index is 4.38. The van der Waals surface area contributed by atoms with Crippen molar-refractivity contribution in [2.24, 2.45) is 4.99 Å². The van der Waals surface area contributed by atoms with Gasteiger partial charge in [-0.05, 0) is 42.5 Å². The van der Waals surface area contributed by atoms with Crippen LogP contribution in [0.1, 0.15) is 18.7 Å². The number of anilines is 1. The van der Waals surface area contributed by atoms with Crippen molar-refractivity contribution in [3.05, 3.63) is 60.0 Å². The number of aliphatic imine (C=N–C) groups is 1. The summed E-state index contributed by atoms with van der Waals surface area (Å²) in [6, 6.07) is 14.8. The van der Waals surface area contributed by atoms with Gasteiger partial charge in [0, 0.05) is 31.9 Å². The van der Waals surface area contributed by atoms with E-state index in [9.17, 15) is 0 Å². The molecule has 0 aliphatic carbocycles. The lowest BCUT2D eigenvalue weighted by Crippen LogP contribution is -2.48. The number of rotatable bonds is 5. The quantitative estimate of drug-likeness (QED) is 0.305. The number of piperidine rings is 1. The fraction of sp³-hybridized carbons (Fsp3) is 0.350. The highest BCUT2D eigenvalue weighted by atomic mass is 127. The molecule has 1 saturated heterocycles. The lowest BCUT2D eigenvalue weighted by molar-refractivity contribution is 0.462. The molecular weight excluding hydrogens is 497 g/mol. The first-order valence-corrected chi connectivity index (χ1v) is 10.4. The third-order valence-corrected chi connectivity index (χ3v) is 5.87. The Bertz CT molecular complexity index is 887. The molecule has 2 N–H and O–H groups in total. The van der Waals surface area contributed by atoms with Crippen LogP contribution in [0, 0.1) is 0 Å². The van der Waals surface area contributed by atoms with Crippen LogP contribution in [-0.4, -0.2) is 46.9 Å². The zero-order valence-electron chi connectivity index (χ0n) is 16.4. The van der Waals surface area contributed by atoms with Crippen LogP contribution in [0.3, 0.4) is 0 Å². The predicted octanol–water partition coefficient (Wildman–Crippen LogP) is 3.28. The molecular formula is C20H26IN7S. The van der Waals surface area contributed by atoms with E-state index in [1.54, 1.807) is 13.4 Å². The number of hydrogen-bond acceptors (Lipinski definition) is 5. The second kappa shape index (κ2) is 10.6. The van der Waals surface area contributed by atoms with E-state index in [1.165, 1.54) is 5.00 Å². The summed E-state index contributed by atoms with van der Waals surface area (Å²) in [6.45, 7) is 2.69. The average Bonchev–Trinajstić information content (AvgIpc) is 3.44. The highest BCUT2D eigenvalue weighted by Gasteiger charge is 2.20. The third kappa shape index (κ3) is 5.47. The van der Waals surface area contributed by atoms with Gasteiger partial charge in [-0.2, -0.15) is 0 Å². The molecule has 3 heterocycles. The van der Waals surface area contributed by atoms with E-state index < -0.39 is 0 Å². The molecule has 1 aromatic carbocycles.